The molecule has 1 heterocycles. The second-order valence-electron chi connectivity index (χ2n) is 3.14. The van der Waals surface area contributed by atoms with Gasteiger partial charge in [0.15, 0.2) is 22.7 Å². The molecule has 1 aliphatic rings. The maximum atomic E-state index is 10.6. The molecule has 0 amide bonds. The van der Waals surface area contributed by atoms with Gasteiger partial charge in [0.25, 0.3) is 0 Å². The van der Waals surface area contributed by atoms with Gasteiger partial charge in [-0.2, -0.15) is 0 Å². The van der Waals surface area contributed by atoms with Crippen molar-refractivity contribution in [2.24, 2.45) is 5.14 Å². The minimum atomic E-state index is -1.51. The molecular formula is C9H12N2O3S. The van der Waals surface area contributed by atoms with E-state index in [4.69, 9.17) is 14.6 Å². The molecule has 0 bridgehead atoms. The summed E-state index contributed by atoms with van der Waals surface area (Å²) in [7, 11) is 0. The standard InChI is InChI=1S/C9H12N2O3S/c10-15(12)11-5-7-6-13-8-3-1-2-4-9(8)14-7/h1-4,7,11H,5-6,10H2. The van der Waals surface area contributed by atoms with Crippen LogP contribution in [-0.4, -0.2) is 23.5 Å². The van der Waals surface area contributed by atoms with E-state index in [1.807, 2.05) is 24.3 Å². The van der Waals surface area contributed by atoms with Crippen LogP contribution in [0.3, 0.4) is 0 Å². The van der Waals surface area contributed by atoms with Gasteiger partial charge in [-0.25, -0.2) is 14.1 Å². The molecule has 0 saturated carbocycles. The molecule has 2 unspecified atom stereocenters. The van der Waals surface area contributed by atoms with Crippen LogP contribution < -0.4 is 19.3 Å². The molecule has 0 radical (unpaired) electrons. The van der Waals surface area contributed by atoms with Crippen molar-refractivity contribution >= 4 is 11.2 Å². The van der Waals surface area contributed by atoms with Gasteiger partial charge in [0, 0.05) is 6.54 Å². The molecule has 82 valence electrons. The van der Waals surface area contributed by atoms with Gasteiger partial charge in [0.05, 0.1) is 0 Å². The normalized spacial score (nSPS) is 21.0. The molecular weight excluding hydrogens is 216 g/mol. The lowest BCUT2D eigenvalue weighted by molar-refractivity contribution is 0.0945. The highest BCUT2D eigenvalue weighted by Gasteiger charge is 2.20. The SMILES string of the molecule is NS(=O)NCC1COc2ccccc2O1. The Kier molecular flexibility index (Phi) is 3.20. The third kappa shape index (κ3) is 2.68. The Hall–Kier alpha value is -1.11. The smallest absolute Gasteiger partial charge is 0.164 e. The zero-order valence-corrected chi connectivity index (χ0v) is 8.83. The molecule has 15 heavy (non-hydrogen) atoms. The number of benzene rings is 1. The van der Waals surface area contributed by atoms with Crippen LogP contribution in [0.4, 0.5) is 0 Å². The summed E-state index contributed by atoms with van der Waals surface area (Å²) in [6, 6.07) is 7.44. The number of hydrogen-bond acceptors (Lipinski definition) is 3. The third-order valence-electron chi connectivity index (χ3n) is 2.02. The van der Waals surface area contributed by atoms with E-state index in [-0.39, 0.29) is 6.10 Å². The van der Waals surface area contributed by atoms with Crippen molar-refractivity contribution in [3.05, 3.63) is 24.3 Å². The zero-order chi connectivity index (χ0) is 10.7. The molecule has 0 aliphatic carbocycles. The van der Waals surface area contributed by atoms with Crippen molar-refractivity contribution in [1.29, 1.82) is 0 Å². The average molecular weight is 228 g/mol. The fraction of sp³-hybridized carbons (Fsp3) is 0.333. The van der Waals surface area contributed by atoms with Crippen LogP contribution in [0.25, 0.3) is 0 Å². The van der Waals surface area contributed by atoms with Crippen molar-refractivity contribution < 1.29 is 13.7 Å². The predicted molar refractivity (Wildman–Crippen MR) is 56.7 cm³/mol. The van der Waals surface area contributed by atoms with Crippen LogP contribution in [0.1, 0.15) is 0 Å². The number of ether oxygens (including phenoxy) is 2. The maximum absolute atomic E-state index is 10.6. The Morgan fingerprint density at radius 3 is 2.93 bits per heavy atom. The van der Waals surface area contributed by atoms with Gasteiger partial charge in [-0.15, -0.1) is 0 Å². The van der Waals surface area contributed by atoms with Crippen LogP contribution in [-0.2, 0) is 11.2 Å². The molecule has 6 heteroatoms. The van der Waals surface area contributed by atoms with Gasteiger partial charge in [0.2, 0.25) is 0 Å². The number of rotatable bonds is 3. The van der Waals surface area contributed by atoms with Gasteiger partial charge < -0.3 is 9.47 Å². The van der Waals surface area contributed by atoms with Crippen LogP contribution in [0.15, 0.2) is 24.3 Å². The van der Waals surface area contributed by atoms with E-state index in [1.165, 1.54) is 0 Å². The summed E-state index contributed by atoms with van der Waals surface area (Å²) in [5.41, 5.74) is 0. The molecule has 3 N–H and O–H groups in total. The summed E-state index contributed by atoms with van der Waals surface area (Å²) in [5, 5.41) is 5.07. The number of hydrogen-bond donors (Lipinski definition) is 2. The van der Waals surface area contributed by atoms with Crippen molar-refractivity contribution in [3.63, 3.8) is 0 Å². The predicted octanol–water partition coefficient (Wildman–Crippen LogP) is -0.0466. The molecule has 0 spiro atoms. The molecule has 0 aromatic heterocycles. The quantitative estimate of drug-likeness (QED) is 0.762. The van der Waals surface area contributed by atoms with Gasteiger partial charge >= 0.3 is 0 Å². The summed E-state index contributed by atoms with van der Waals surface area (Å²) in [6.07, 6.45) is -0.160. The first-order valence-corrected chi connectivity index (χ1v) is 5.75. The highest BCUT2D eigenvalue weighted by atomic mass is 32.2. The molecule has 1 aromatic rings. The monoisotopic (exact) mass is 228 g/mol. The first-order chi connectivity index (χ1) is 7.25. The maximum Gasteiger partial charge on any atom is 0.164 e. The van der Waals surface area contributed by atoms with E-state index >= 15 is 0 Å². The van der Waals surface area contributed by atoms with Crippen LogP contribution in [0.2, 0.25) is 0 Å². The van der Waals surface area contributed by atoms with E-state index in [1.54, 1.807) is 0 Å². The van der Waals surface area contributed by atoms with Gasteiger partial charge in [-0.3, -0.25) is 0 Å². The summed E-state index contributed by atoms with van der Waals surface area (Å²) >= 11 is -1.51. The van der Waals surface area contributed by atoms with Gasteiger partial charge in [-0.1, -0.05) is 12.1 Å². The molecule has 0 fully saturated rings. The summed E-state index contributed by atoms with van der Waals surface area (Å²) in [4.78, 5) is 0. The Morgan fingerprint density at radius 1 is 1.47 bits per heavy atom. The lowest BCUT2D eigenvalue weighted by atomic mass is 10.2. The van der Waals surface area contributed by atoms with E-state index in [2.05, 4.69) is 4.72 Å². The highest BCUT2D eigenvalue weighted by molar-refractivity contribution is 7.80. The Balaban J connectivity index is 1.96. The zero-order valence-electron chi connectivity index (χ0n) is 8.01. The molecule has 5 nitrogen and oxygen atoms in total. The summed E-state index contributed by atoms with van der Waals surface area (Å²) < 4.78 is 24.3. The molecule has 1 aromatic carbocycles. The molecule has 2 atom stereocenters. The minimum Gasteiger partial charge on any atom is -0.486 e. The van der Waals surface area contributed by atoms with Gasteiger partial charge in [0.1, 0.15) is 12.7 Å². The number of para-hydroxylation sites is 2. The summed E-state index contributed by atoms with van der Waals surface area (Å²) in [5.74, 6) is 1.45. The topological polar surface area (TPSA) is 73.6 Å². The first kappa shape index (κ1) is 10.4. The lowest BCUT2D eigenvalue weighted by Gasteiger charge is -2.26. The van der Waals surface area contributed by atoms with Crippen molar-refractivity contribution in [2.45, 2.75) is 6.10 Å². The number of nitrogens with one attached hydrogen (secondary N) is 1. The Bertz CT molecular complexity index is 372. The van der Waals surface area contributed by atoms with Gasteiger partial charge in [-0.05, 0) is 12.1 Å². The average Bonchev–Trinajstić information content (AvgIpc) is 2.26. The molecule has 2 rings (SSSR count). The number of nitrogens with two attached hydrogens (primary N) is 1. The van der Waals surface area contributed by atoms with E-state index < -0.39 is 11.2 Å². The molecule has 1 aliphatic heterocycles. The Labute approximate surface area is 90.3 Å². The van der Waals surface area contributed by atoms with Crippen molar-refractivity contribution in [2.75, 3.05) is 13.2 Å². The van der Waals surface area contributed by atoms with Crippen LogP contribution >= 0.6 is 0 Å². The fourth-order valence-corrected chi connectivity index (χ4v) is 1.69. The largest absolute Gasteiger partial charge is 0.486 e. The fourth-order valence-electron chi connectivity index (χ4n) is 1.34. The highest BCUT2D eigenvalue weighted by Crippen LogP contribution is 2.30. The van der Waals surface area contributed by atoms with Crippen LogP contribution in [0, 0.1) is 0 Å². The van der Waals surface area contributed by atoms with E-state index in [0.29, 0.717) is 18.9 Å². The molecule has 0 saturated heterocycles. The second-order valence-corrected chi connectivity index (χ2v) is 4.03. The van der Waals surface area contributed by atoms with E-state index in [9.17, 15) is 4.21 Å². The van der Waals surface area contributed by atoms with Crippen molar-refractivity contribution in [1.82, 2.24) is 4.72 Å². The second kappa shape index (κ2) is 4.61. The summed E-state index contributed by atoms with van der Waals surface area (Å²) in [6.45, 7) is 0.832. The number of fused-ring (bicyclic) bond motifs is 1. The lowest BCUT2D eigenvalue weighted by Crippen LogP contribution is -2.40. The van der Waals surface area contributed by atoms with Crippen LogP contribution in [0.5, 0.6) is 11.5 Å². The third-order valence-corrected chi connectivity index (χ3v) is 2.47. The van der Waals surface area contributed by atoms with E-state index in [0.717, 1.165) is 5.75 Å². The Morgan fingerprint density at radius 2 is 2.20 bits per heavy atom. The first-order valence-electron chi connectivity index (χ1n) is 4.54. The minimum absolute atomic E-state index is 0.160. The van der Waals surface area contributed by atoms with Crippen molar-refractivity contribution in [3.8, 4) is 11.5 Å².